The van der Waals surface area contributed by atoms with Crippen LogP contribution in [0.2, 0.25) is 0 Å². The molecule has 8 heteroatoms. The van der Waals surface area contributed by atoms with Gasteiger partial charge in [-0.1, -0.05) is 0 Å². The molecule has 1 aromatic rings. The SMILES string of the molecule is O=C(O)c1cn[nH]c1S(=O)(=O)N(CC1CC1)CC1CC1. The smallest absolute Gasteiger partial charge is 0.340 e. The number of nitrogens with one attached hydrogen (secondary N) is 1. The van der Waals surface area contributed by atoms with Gasteiger partial charge in [0, 0.05) is 13.1 Å². The van der Waals surface area contributed by atoms with Crippen molar-refractivity contribution in [3.05, 3.63) is 11.8 Å². The van der Waals surface area contributed by atoms with E-state index in [4.69, 9.17) is 5.11 Å². The Labute approximate surface area is 117 Å². The second kappa shape index (κ2) is 4.85. The molecule has 0 spiro atoms. The van der Waals surface area contributed by atoms with Crippen LogP contribution in [-0.2, 0) is 10.0 Å². The molecule has 2 saturated carbocycles. The molecule has 0 atom stereocenters. The number of hydrogen-bond donors (Lipinski definition) is 2. The van der Waals surface area contributed by atoms with Crippen LogP contribution in [-0.4, -0.2) is 47.1 Å². The average Bonchev–Trinajstić information content (AvgIpc) is 3.30. The molecule has 0 aromatic carbocycles. The number of carbonyl (C=O) groups is 1. The van der Waals surface area contributed by atoms with Gasteiger partial charge in [0.05, 0.1) is 6.20 Å². The van der Waals surface area contributed by atoms with Crippen LogP contribution in [0.1, 0.15) is 36.0 Å². The standard InChI is InChI=1S/C12H17N3O4S/c16-12(17)10-5-13-14-11(10)20(18,19)15(6-8-1-2-8)7-9-3-4-9/h5,8-9H,1-4,6-7H2,(H,13,14)(H,16,17). The quantitative estimate of drug-likeness (QED) is 0.779. The number of nitrogens with zero attached hydrogens (tertiary/aromatic N) is 2. The molecule has 7 nitrogen and oxygen atoms in total. The van der Waals surface area contributed by atoms with Crippen molar-refractivity contribution < 1.29 is 18.3 Å². The zero-order chi connectivity index (χ0) is 14.3. The van der Waals surface area contributed by atoms with E-state index in [0.29, 0.717) is 24.9 Å². The maximum atomic E-state index is 12.6. The maximum absolute atomic E-state index is 12.6. The van der Waals surface area contributed by atoms with Crippen molar-refractivity contribution in [3.8, 4) is 0 Å². The Morgan fingerprint density at radius 1 is 1.30 bits per heavy atom. The number of sulfonamides is 1. The number of carboxylic acids is 1. The van der Waals surface area contributed by atoms with Crippen LogP contribution in [0.25, 0.3) is 0 Å². The first kappa shape index (κ1) is 13.6. The lowest BCUT2D eigenvalue weighted by Crippen LogP contribution is -2.35. The molecule has 3 rings (SSSR count). The van der Waals surface area contributed by atoms with Crippen molar-refractivity contribution in [3.63, 3.8) is 0 Å². The summed E-state index contributed by atoms with van der Waals surface area (Å²) >= 11 is 0. The first-order valence-corrected chi connectivity index (χ1v) is 8.19. The van der Waals surface area contributed by atoms with E-state index in [1.54, 1.807) is 0 Å². The molecular weight excluding hydrogens is 282 g/mol. The Morgan fingerprint density at radius 3 is 2.30 bits per heavy atom. The Morgan fingerprint density at radius 2 is 1.85 bits per heavy atom. The Bertz CT molecular complexity index is 602. The minimum absolute atomic E-state index is 0.290. The fourth-order valence-corrected chi connectivity index (χ4v) is 3.86. The van der Waals surface area contributed by atoms with Crippen LogP contribution < -0.4 is 0 Å². The minimum Gasteiger partial charge on any atom is -0.478 e. The summed E-state index contributed by atoms with van der Waals surface area (Å²) in [7, 11) is -3.81. The van der Waals surface area contributed by atoms with E-state index in [9.17, 15) is 13.2 Å². The fraction of sp³-hybridized carbons (Fsp3) is 0.667. The van der Waals surface area contributed by atoms with Gasteiger partial charge in [-0.3, -0.25) is 5.10 Å². The molecule has 110 valence electrons. The molecular formula is C12H17N3O4S. The summed E-state index contributed by atoms with van der Waals surface area (Å²) in [5.74, 6) is -0.449. The van der Waals surface area contributed by atoms with Crippen molar-refractivity contribution >= 4 is 16.0 Å². The number of aromatic amines is 1. The monoisotopic (exact) mass is 299 g/mol. The molecule has 0 amide bonds. The third-order valence-corrected chi connectivity index (χ3v) is 5.56. The van der Waals surface area contributed by atoms with E-state index in [-0.39, 0.29) is 10.6 Å². The number of H-pyrrole nitrogens is 1. The van der Waals surface area contributed by atoms with E-state index >= 15 is 0 Å². The summed E-state index contributed by atoms with van der Waals surface area (Å²) in [6.45, 7) is 0.966. The number of aromatic nitrogens is 2. The van der Waals surface area contributed by atoms with Gasteiger partial charge in [0.15, 0.2) is 5.03 Å². The van der Waals surface area contributed by atoms with Crippen LogP contribution in [0.4, 0.5) is 0 Å². The van der Waals surface area contributed by atoms with Crippen molar-refractivity contribution in [2.75, 3.05) is 13.1 Å². The average molecular weight is 299 g/mol. The molecule has 20 heavy (non-hydrogen) atoms. The van der Waals surface area contributed by atoms with Crippen LogP contribution in [0, 0.1) is 11.8 Å². The van der Waals surface area contributed by atoms with E-state index in [1.165, 1.54) is 4.31 Å². The second-order valence-electron chi connectivity index (χ2n) is 5.63. The number of hydrogen-bond acceptors (Lipinski definition) is 4. The van der Waals surface area contributed by atoms with Gasteiger partial charge in [0.25, 0.3) is 10.0 Å². The molecule has 2 fully saturated rings. The van der Waals surface area contributed by atoms with Gasteiger partial charge in [-0.25, -0.2) is 13.2 Å². The third-order valence-electron chi connectivity index (χ3n) is 3.75. The molecule has 1 heterocycles. The summed E-state index contributed by atoms with van der Waals surface area (Å²) in [6.07, 6.45) is 5.23. The summed E-state index contributed by atoms with van der Waals surface area (Å²) < 4.78 is 26.7. The second-order valence-corrected chi connectivity index (χ2v) is 7.50. The maximum Gasteiger partial charge on any atom is 0.340 e. The molecule has 0 unspecified atom stereocenters. The highest BCUT2D eigenvalue weighted by molar-refractivity contribution is 7.89. The number of aromatic carboxylic acids is 1. The van der Waals surface area contributed by atoms with Gasteiger partial charge < -0.3 is 5.11 Å². The van der Waals surface area contributed by atoms with Crippen LogP contribution in [0.15, 0.2) is 11.2 Å². The lowest BCUT2D eigenvalue weighted by molar-refractivity contribution is 0.0692. The van der Waals surface area contributed by atoms with Gasteiger partial charge >= 0.3 is 5.97 Å². The zero-order valence-corrected chi connectivity index (χ0v) is 11.8. The van der Waals surface area contributed by atoms with E-state index in [1.807, 2.05) is 0 Å². The summed E-state index contributed by atoms with van der Waals surface area (Å²) in [6, 6.07) is 0. The molecule has 2 aliphatic rings. The van der Waals surface area contributed by atoms with Crippen molar-refractivity contribution in [1.82, 2.24) is 14.5 Å². The number of carboxylic acid groups (broad SMARTS) is 1. The van der Waals surface area contributed by atoms with Crippen LogP contribution in [0.5, 0.6) is 0 Å². The summed E-state index contributed by atoms with van der Waals surface area (Å²) in [5.41, 5.74) is -0.290. The highest BCUT2D eigenvalue weighted by Gasteiger charge is 2.38. The van der Waals surface area contributed by atoms with Gasteiger partial charge in [0.2, 0.25) is 0 Å². The van der Waals surface area contributed by atoms with Gasteiger partial charge in [-0.15, -0.1) is 0 Å². The van der Waals surface area contributed by atoms with Crippen molar-refractivity contribution in [2.24, 2.45) is 11.8 Å². The Kier molecular flexibility index (Phi) is 3.29. The van der Waals surface area contributed by atoms with Gasteiger partial charge in [0.1, 0.15) is 5.56 Å². The van der Waals surface area contributed by atoms with Gasteiger partial charge in [-0.05, 0) is 37.5 Å². The predicted octanol–water partition coefficient (Wildman–Crippen LogP) is 0.919. The summed E-state index contributed by atoms with van der Waals surface area (Å²) in [5, 5.41) is 14.7. The lowest BCUT2D eigenvalue weighted by atomic mass is 10.4. The first-order chi connectivity index (χ1) is 9.48. The zero-order valence-electron chi connectivity index (χ0n) is 10.9. The van der Waals surface area contributed by atoms with Crippen molar-refractivity contribution in [2.45, 2.75) is 30.7 Å². The molecule has 0 bridgehead atoms. The number of rotatable bonds is 7. The van der Waals surface area contributed by atoms with E-state index < -0.39 is 16.0 Å². The third kappa shape index (κ3) is 2.71. The molecule has 2 N–H and O–H groups in total. The largest absolute Gasteiger partial charge is 0.478 e. The van der Waals surface area contributed by atoms with E-state index in [2.05, 4.69) is 10.2 Å². The Hall–Kier alpha value is -1.41. The molecule has 0 saturated heterocycles. The first-order valence-electron chi connectivity index (χ1n) is 6.75. The lowest BCUT2D eigenvalue weighted by Gasteiger charge is -2.21. The fourth-order valence-electron chi connectivity index (χ4n) is 2.20. The van der Waals surface area contributed by atoms with Crippen LogP contribution >= 0.6 is 0 Å². The topological polar surface area (TPSA) is 103 Å². The predicted molar refractivity (Wildman–Crippen MR) is 69.8 cm³/mol. The highest BCUT2D eigenvalue weighted by Crippen LogP contribution is 2.36. The summed E-state index contributed by atoms with van der Waals surface area (Å²) in [4.78, 5) is 11.1. The normalized spacial score (nSPS) is 19.4. The van der Waals surface area contributed by atoms with Crippen LogP contribution in [0.3, 0.4) is 0 Å². The molecule has 0 radical (unpaired) electrons. The molecule has 2 aliphatic carbocycles. The molecule has 1 aromatic heterocycles. The highest BCUT2D eigenvalue weighted by atomic mass is 32.2. The minimum atomic E-state index is -3.81. The van der Waals surface area contributed by atoms with Gasteiger partial charge in [-0.2, -0.15) is 9.40 Å². The molecule has 0 aliphatic heterocycles. The Balaban J connectivity index is 1.89. The van der Waals surface area contributed by atoms with Crippen molar-refractivity contribution in [1.29, 1.82) is 0 Å². The van der Waals surface area contributed by atoms with E-state index in [0.717, 1.165) is 31.9 Å².